The van der Waals surface area contributed by atoms with Crippen LogP contribution in [0.25, 0.3) is 0 Å². The van der Waals surface area contributed by atoms with Crippen LogP contribution in [0.1, 0.15) is 19.3 Å². The van der Waals surface area contributed by atoms with E-state index >= 15 is 0 Å². The zero-order valence-electron chi connectivity index (χ0n) is 8.98. The minimum absolute atomic E-state index is 0.247. The van der Waals surface area contributed by atoms with Crippen LogP contribution in [0.2, 0.25) is 0 Å². The van der Waals surface area contributed by atoms with Crippen LogP contribution in [0.4, 0.5) is 0 Å². The standard InChI is InChI=1S/C12H17NO2/c1-14-11-4-2-3-5-12(11)15-10-7-6-9(13)8-10/h2-5,9-10H,6-8,13H2,1H3. The number of rotatable bonds is 3. The third-order valence-electron chi connectivity index (χ3n) is 2.79. The zero-order valence-corrected chi connectivity index (χ0v) is 8.98. The molecule has 82 valence electrons. The fraction of sp³-hybridized carbons (Fsp3) is 0.500. The first-order chi connectivity index (χ1) is 7.29. The lowest BCUT2D eigenvalue weighted by atomic mass is 10.2. The highest BCUT2D eigenvalue weighted by Crippen LogP contribution is 2.30. The molecule has 0 spiro atoms. The van der Waals surface area contributed by atoms with Gasteiger partial charge < -0.3 is 15.2 Å². The van der Waals surface area contributed by atoms with Gasteiger partial charge in [0.1, 0.15) is 6.10 Å². The fourth-order valence-corrected chi connectivity index (χ4v) is 1.98. The molecule has 2 atom stereocenters. The summed E-state index contributed by atoms with van der Waals surface area (Å²) in [6.45, 7) is 0. The molecule has 1 fully saturated rings. The highest BCUT2D eigenvalue weighted by atomic mass is 16.5. The number of para-hydroxylation sites is 2. The van der Waals surface area contributed by atoms with Crippen LogP contribution < -0.4 is 15.2 Å². The van der Waals surface area contributed by atoms with Crippen molar-refractivity contribution in [3.05, 3.63) is 24.3 Å². The molecule has 15 heavy (non-hydrogen) atoms. The first kappa shape index (κ1) is 10.3. The normalized spacial score (nSPS) is 25.2. The van der Waals surface area contributed by atoms with Crippen LogP contribution in [0.15, 0.2) is 24.3 Å². The SMILES string of the molecule is COc1ccccc1OC1CCC(N)C1. The van der Waals surface area contributed by atoms with Gasteiger partial charge in [-0.25, -0.2) is 0 Å². The van der Waals surface area contributed by atoms with E-state index < -0.39 is 0 Å². The predicted molar refractivity (Wildman–Crippen MR) is 59.2 cm³/mol. The Morgan fingerprint density at radius 2 is 1.93 bits per heavy atom. The molecule has 1 aliphatic carbocycles. The van der Waals surface area contributed by atoms with Crippen LogP contribution in [-0.2, 0) is 0 Å². The molecule has 0 bridgehead atoms. The molecular weight excluding hydrogens is 190 g/mol. The molecule has 3 heteroatoms. The van der Waals surface area contributed by atoms with Gasteiger partial charge in [0.15, 0.2) is 11.5 Å². The Balaban J connectivity index is 2.04. The second-order valence-electron chi connectivity index (χ2n) is 3.96. The number of methoxy groups -OCH3 is 1. The topological polar surface area (TPSA) is 44.5 Å². The number of ether oxygens (including phenoxy) is 2. The molecule has 1 aromatic carbocycles. The van der Waals surface area contributed by atoms with E-state index in [1.807, 2.05) is 24.3 Å². The van der Waals surface area contributed by atoms with E-state index in [-0.39, 0.29) is 6.10 Å². The van der Waals surface area contributed by atoms with Gasteiger partial charge in [-0.15, -0.1) is 0 Å². The lowest BCUT2D eigenvalue weighted by Gasteiger charge is -2.15. The van der Waals surface area contributed by atoms with Gasteiger partial charge in [-0.1, -0.05) is 12.1 Å². The van der Waals surface area contributed by atoms with Crippen LogP contribution in [0.5, 0.6) is 11.5 Å². The predicted octanol–water partition coefficient (Wildman–Crippen LogP) is 1.95. The Labute approximate surface area is 90.2 Å². The van der Waals surface area contributed by atoms with Crippen molar-refractivity contribution in [3.63, 3.8) is 0 Å². The van der Waals surface area contributed by atoms with Crippen LogP contribution in [0.3, 0.4) is 0 Å². The van der Waals surface area contributed by atoms with Crippen molar-refractivity contribution in [1.29, 1.82) is 0 Å². The van der Waals surface area contributed by atoms with Gasteiger partial charge in [-0.2, -0.15) is 0 Å². The number of nitrogens with two attached hydrogens (primary N) is 1. The average molecular weight is 207 g/mol. The number of hydrogen-bond donors (Lipinski definition) is 1. The number of hydrogen-bond acceptors (Lipinski definition) is 3. The molecule has 1 aliphatic rings. The smallest absolute Gasteiger partial charge is 0.161 e. The molecule has 0 radical (unpaired) electrons. The number of benzene rings is 1. The van der Waals surface area contributed by atoms with Crippen LogP contribution >= 0.6 is 0 Å². The van der Waals surface area contributed by atoms with Crippen molar-refractivity contribution in [1.82, 2.24) is 0 Å². The van der Waals surface area contributed by atoms with E-state index in [4.69, 9.17) is 15.2 Å². The second-order valence-corrected chi connectivity index (χ2v) is 3.96. The van der Waals surface area contributed by atoms with Gasteiger partial charge >= 0.3 is 0 Å². The molecule has 0 aliphatic heterocycles. The highest BCUT2D eigenvalue weighted by Gasteiger charge is 2.23. The largest absolute Gasteiger partial charge is 0.493 e. The van der Waals surface area contributed by atoms with Crippen molar-refractivity contribution in [3.8, 4) is 11.5 Å². The minimum atomic E-state index is 0.247. The second kappa shape index (κ2) is 4.53. The summed E-state index contributed by atoms with van der Waals surface area (Å²) in [5.74, 6) is 1.61. The summed E-state index contributed by atoms with van der Waals surface area (Å²) in [6, 6.07) is 8.02. The Bertz CT molecular complexity index is 327. The summed E-state index contributed by atoms with van der Waals surface area (Å²) in [7, 11) is 1.66. The quantitative estimate of drug-likeness (QED) is 0.824. The molecule has 2 unspecified atom stereocenters. The van der Waals surface area contributed by atoms with Gasteiger partial charge in [0.25, 0.3) is 0 Å². The minimum Gasteiger partial charge on any atom is -0.493 e. The van der Waals surface area contributed by atoms with E-state index in [0.29, 0.717) is 6.04 Å². The Kier molecular flexibility index (Phi) is 3.11. The molecular formula is C12H17NO2. The molecule has 0 amide bonds. The lowest BCUT2D eigenvalue weighted by molar-refractivity contribution is 0.199. The maximum absolute atomic E-state index is 5.86. The maximum atomic E-state index is 5.86. The monoisotopic (exact) mass is 207 g/mol. The van der Waals surface area contributed by atoms with Gasteiger partial charge in [0, 0.05) is 6.04 Å². The first-order valence-electron chi connectivity index (χ1n) is 5.35. The van der Waals surface area contributed by atoms with Crippen molar-refractivity contribution in [2.24, 2.45) is 5.73 Å². The Hall–Kier alpha value is -1.22. The van der Waals surface area contributed by atoms with Gasteiger partial charge in [-0.05, 0) is 31.4 Å². The van der Waals surface area contributed by atoms with Crippen molar-refractivity contribution in [2.75, 3.05) is 7.11 Å². The third kappa shape index (κ3) is 2.42. The summed E-state index contributed by atoms with van der Waals surface area (Å²) in [5.41, 5.74) is 5.84. The van der Waals surface area contributed by atoms with Crippen molar-refractivity contribution in [2.45, 2.75) is 31.4 Å². The molecule has 1 saturated carbocycles. The first-order valence-corrected chi connectivity index (χ1v) is 5.35. The zero-order chi connectivity index (χ0) is 10.7. The third-order valence-corrected chi connectivity index (χ3v) is 2.79. The maximum Gasteiger partial charge on any atom is 0.161 e. The molecule has 3 nitrogen and oxygen atoms in total. The summed E-state index contributed by atoms with van der Waals surface area (Å²) in [5, 5.41) is 0. The van der Waals surface area contributed by atoms with Crippen LogP contribution in [0, 0.1) is 0 Å². The van der Waals surface area contributed by atoms with E-state index in [2.05, 4.69) is 0 Å². The Morgan fingerprint density at radius 3 is 2.53 bits per heavy atom. The van der Waals surface area contributed by atoms with E-state index in [1.165, 1.54) is 0 Å². The molecule has 2 N–H and O–H groups in total. The molecule has 0 heterocycles. The average Bonchev–Trinajstić information content (AvgIpc) is 2.65. The van der Waals surface area contributed by atoms with Crippen molar-refractivity contribution < 1.29 is 9.47 Å². The Morgan fingerprint density at radius 1 is 1.20 bits per heavy atom. The summed E-state index contributed by atoms with van der Waals surface area (Å²) in [6.07, 6.45) is 3.29. The van der Waals surface area contributed by atoms with Crippen LogP contribution in [-0.4, -0.2) is 19.3 Å². The highest BCUT2D eigenvalue weighted by molar-refractivity contribution is 5.39. The van der Waals surface area contributed by atoms with Gasteiger partial charge in [0.05, 0.1) is 7.11 Å². The molecule has 0 aromatic heterocycles. The summed E-state index contributed by atoms with van der Waals surface area (Å²) in [4.78, 5) is 0. The summed E-state index contributed by atoms with van der Waals surface area (Å²) >= 11 is 0. The molecule has 2 rings (SSSR count). The molecule has 0 saturated heterocycles. The van der Waals surface area contributed by atoms with E-state index in [9.17, 15) is 0 Å². The van der Waals surface area contributed by atoms with E-state index in [0.717, 1.165) is 30.8 Å². The lowest BCUT2D eigenvalue weighted by Crippen LogP contribution is -2.19. The fourth-order valence-electron chi connectivity index (χ4n) is 1.98. The summed E-state index contributed by atoms with van der Waals surface area (Å²) < 4.78 is 11.1. The molecule has 1 aromatic rings. The van der Waals surface area contributed by atoms with E-state index in [1.54, 1.807) is 7.11 Å². The van der Waals surface area contributed by atoms with Gasteiger partial charge in [-0.3, -0.25) is 0 Å². The van der Waals surface area contributed by atoms with Gasteiger partial charge in [0.2, 0.25) is 0 Å². The van der Waals surface area contributed by atoms with Crippen molar-refractivity contribution >= 4 is 0 Å².